The molecule has 1 fully saturated rings. The molecular weight excluding hydrogens is 208 g/mol. The van der Waals surface area contributed by atoms with E-state index in [0.29, 0.717) is 6.54 Å². The van der Waals surface area contributed by atoms with Gasteiger partial charge in [0, 0.05) is 13.1 Å². The number of hydrogen-bond donors (Lipinski definition) is 1. The van der Waals surface area contributed by atoms with Crippen molar-refractivity contribution in [2.24, 2.45) is 11.7 Å². The molecule has 0 aliphatic carbocycles. The van der Waals surface area contributed by atoms with Gasteiger partial charge >= 0.3 is 6.09 Å². The van der Waals surface area contributed by atoms with Gasteiger partial charge in [0.15, 0.2) is 0 Å². The van der Waals surface area contributed by atoms with Gasteiger partial charge in [-0.2, -0.15) is 0 Å². The van der Waals surface area contributed by atoms with E-state index in [-0.39, 0.29) is 18.4 Å². The lowest BCUT2D eigenvalue weighted by Gasteiger charge is -2.31. The van der Waals surface area contributed by atoms with E-state index in [9.17, 15) is 9.59 Å². The van der Waals surface area contributed by atoms with Gasteiger partial charge in [0.2, 0.25) is 5.91 Å². The Balaban J connectivity index is 2.65. The van der Waals surface area contributed by atoms with Crippen LogP contribution in [0, 0.1) is 5.92 Å². The predicted octanol–water partition coefficient (Wildman–Crippen LogP) is 1.12. The van der Waals surface area contributed by atoms with Crippen LogP contribution in [0.1, 0.15) is 33.6 Å². The molecule has 2 amide bonds. The number of hydrogen-bond acceptors (Lipinski definition) is 4. The summed E-state index contributed by atoms with van der Waals surface area (Å²) >= 11 is 0. The molecule has 0 aromatic carbocycles. The lowest BCUT2D eigenvalue weighted by molar-refractivity contribution is -0.136. The third-order valence-electron chi connectivity index (χ3n) is 2.45. The van der Waals surface area contributed by atoms with Crippen LogP contribution in [0.5, 0.6) is 0 Å². The first-order chi connectivity index (χ1) is 7.35. The lowest BCUT2D eigenvalue weighted by Crippen LogP contribution is -2.48. The average Bonchev–Trinajstić information content (AvgIpc) is 2.15. The highest BCUT2D eigenvalue weighted by atomic mass is 16.6. The molecule has 16 heavy (non-hydrogen) atoms. The van der Waals surface area contributed by atoms with E-state index in [1.807, 2.05) is 0 Å². The number of carbonyl (C=O) groups excluding carboxylic acids is 2. The Morgan fingerprint density at radius 3 is 2.69 bits per heavy atom. The van der Waals surface area contributed by atoms with Crippen molar-refractivity contribution < 1.29 is 14.3 Å². The topological polar surface area (TPSA) is 72.6 Å². The molecule has 0 spiro atoms. The summed E-state index contributed by atoms with van der Waals surface area (Å²) in [5, 5.41) is 0. The van der Waals surface area contributed by atoms with Gasteiger partial charge in [-0.15, -0.1) is 0 Å². The van der Waals surface area contributed by atoms with Crippen LogP contribution >= 0.6 is 0 Å². The molecule has 1 atom stereocenters. The molecule has 1 rings (SSSR count). The van der Waals surface area contributed by atoms with Crippen LogP contribution in [0.2, 0.25) is 0 Å². The van der Waals surface area contributed by atoms with Crippen molar-refractivity contribution in [1.29, 1.82) is 0 Å². The summed E-state index contributed by atoms with van der Waals surface area (Å²) < 4.78 is 5.17. The molecule has 1 saturated heterocycles. The highest BCUT2D eigenvalue weighted by molar-refractivity contribution is 5.94. The van der Waals surface area contributed by atoms with Gasteiger partial charge in [-0.25, -0.2) is 9.69 Å². The third kappa shape index (κ3) is 3.20. The van der Waals surface area contributed by atoms with E-state index in [1.165, 1.54) is 4.90 Å². The van der Waals surface area contributed by atoms with Gasteiger partial charge in [-0.1, -0.05) is 0 Å². The Bertz CT molecular complexity index is 283. The second kappa shape index (κ2) is 4.82. The minimum absolute atomic E-state index is 0.206. The number of amides is 2. The maximum absolute atomic E-state index is 11.8. The first-order valence-electron chi connectivity index (χ1n) is 5.59. The third-order valence-corrected chi connectivity index (χ3v) is 2.45. The molecule has 5 heteroatoms. The molecule has 0 aromatic heterocycles. The first kappa shape index (κ1) is 13.0. The maximum Gasteiger partial charge on any atom is 0.417 e. The molecule has 0 saturated carbocycles. The maximum atomic E-state index is 11.8. The highest BCUT2D eigenvalue weighted by Gasteiger charge is 2.34. The monoisotopic (exact) mass is 228 g/mol. The van der Waals surface area contributed by atoms with E-state index in [0.717, 1.165) is 12.8 Å². The minimum Gasteiger partial charge on any atom is -0.443 e. The molecule has 0 radical (unpaired) electrons. The van der Waals surface area contributed by atoms with Crippen molar-refractivity contribution >= 4 is 12.0 Å². The normalized spacial score (nSPS) is 22.1. The molecular formula is C11H20N2O3. The molecule has 92 valence electrons. The van der Waals surface area contributed by atoms with E-state index < -0.39 is 11.7 Å². The summed E-state index contributed by atoms with van der Waals surface area (Å²) in [4.78, 5) is 24.7. The van der Waals surface area contributed by atoms with E-state index >= 15 is 0 Å². The zero-order valence-corrected chi connectivity index (χ0v) is 10.2. The van der Waals surface area contributed by atoms with Crippen molar-refractivity contribution in [3.8, 4) is 0 Å². The van der Waals surface area contributed by atoms with Crippen LogP contribution in [0.25, 0.3) is 0 Å². The average molecular weight is 228 g/mol. The first-order valence-corrected chi connectivity index (χ1v) is 5.59. The predicted molar refractivity (Wildman–Crippen MR) is 59.7 cm³/mol. The van der Waals surface area contributed by atoms with Crippen LogP contribution in [0.4, 0.5) is 4.79 Å². The summed E-state index contributed by atoms with van der Waals surface area (Å²) in [5.74, 6) is -0.440. The van der Waals surface area contributed by atoms with E-state index in [4.69, 9.17) is 10.5 Å². The van der Waals surface area contributed by atoms with Crippen LogP contribution in [-0.4, -0.2) is 35.6 Å². The molecule has 1 heterocycles. The fourth-order valence-electron chi connectivity index (χ4n) is 1.67. The zero-order chi connectivity index (χ0) is 12.3. The van der Waals surface area contributed by atoms with Gasteiger partial charge < -0.3 is 10.5 Å². The Morgan fingerprint density at radius 2 is 2.19 bits per heavy atom. The summed E-state index contributed by atoms with van der Waals surface area (Å²) in [6.45, 7) is 6.06. The smallest absolute Gasteiger partial charge is 0.417 e. The van der Waals surface area contributed by atoms with Crippen LogP contribution in [-0.2, 0) is 9.53 Å². The van der Waals surface area contributed by atoms with Crippen LogP contribution < -0.4 is 5.73 Å². The summed E-state index contributed by atoms with van der Waals surface area (Å²) in [6.07, 6.45) is 0.997. The molecule has 1 unspecified atom stereocenters. The number of carbonyl (C=O) groups is 2. The molecule has 1 aliphatic rings. The van der Waals surface area contributed by atoms with E-state index in [2.05, 4.69) is 0 Å². The summed E-state index contributed by atoms with van der Waals surface area (Å²) in [7, 11) is 0. The van der Waals surface area contributed by atoms with Crippen molar-refractivity contribution in [2.75, 3.05) is 13.1 Å². The summed E-state index contributed by atoms with van der Waals surface area (Å²) in [5.41, 5.74) is 4.91. The standard InChI is InChI=1S/C11H20N2O3/c1-11(2,3)16-10(15)13-6-4-5-8(7-12)9(13)14/h8H,4-7,12H2,1-3H3. The molecule has 5 nitrogen and oxygen atoms in total. The van der Waals surface area contributed by atoms with Crippen molar-refractivity contribution in [3.63, 3.8) is 0 Å². The van der Waals surface area contributed by atoms with Crippen molar-refractivity contribution in [2.45, 2.75) is 39.2 Å². The number of imide groups is 1. The number of nitrogens with two attached hydrogens (primary N) is 1. The fraction of sp³-hybridized carbons (Fsp3) is 0.818. The van der Waals surface area contributed by atoms with Crippen molar-refractivity contribution in [3.05, 3.63) is 0 Å². The number of likely N-dealkylation sites (tertiary alicyclic amines) is 1. The van der Waals surface area contributed by atoms with Crippen LogP contribution in [0.3, 0.4) is 0 Å². The highest BCUT2D eigenvalue weighted by Crippen LogP contribution is 2.19. The largest absolute Gasteiger partial charge is 0.443 e. The van der Waals surface area contributed by atoms with Gasteiger partial charge in [0.1, 0.15) is 5.60 Å². The summed E-state index contributed by atoms with van der Waals surface area (Å²) in [6, 6.07) is 0. The second-order valence-corrected chi connectivity index (χ2v) is 5.05. The Labute approximate surface area is 95.9 Å². The van der Waals surface area contributed by atoms with Crippen LogP contribution in [0.15, 0.2) is 0 Å². The molecule has 0 bridgehead atoms. The Hall–Kier alpha value is -1.10. The quantitative estimate of drug-likeness (QED) is 0.730. The van der Waals surface area contributed by atoms with Crippen molar-refractivity contribution in [1.82, 2.24) is 4.90 Å². The van der Waals surface area contributed by atoms with Gasteiger partial charge in [-0.3, -0.25) is 4.79 Å². The Kier molecular flexibility index (Phi) is 3.91. The van der Waals surface area contributed by atoms with E-state index in [1.54, 1.807) is 20.8 Å². The van der Waals surface area contributed by atoms with Gasteiger partial charge in [0.25, 0.3) is 0 Å². The van der Waals surface area contributed by atoms with Gasteiger partial charge in [0.05, 0.1) is 5.92 Å². The number of nitrogens with zero attached hydrogens (tertiary/aromatic N) is 1. The molecule has 2 N–H and O–H groups in total. The lowest BCUT2D eigenvalue weighted by atomic mass is 9.98. The SMILES string of the molecule is CC(C)(C)OC(=O)N1CCCC(CN)C1=O. The number of piperidine rings is 1. The Morgan fingerprint density at radius 1 is 1.56 bits per heavy atom. The number of ether oxygens (including phenoxy) is 1. The minimum atomic E-state index is -0.576. The molecule has 0 aromatic rings. The molecule has 1 aliphatic heterocycles. The fourth-order valence-corrected chi connectivity index (χ4v) is 1.67. The van der Waals surface area contributed by atoms with Gasteiger partial charge in [-0.05, 0) is 33.6 Å². The number of rotatable bonds is 1. The zero-order valence-electron chi connectivity index (χ0n) is 10.2. The second-order valence-electron chi connectivity index (χ2n) is 5.05.